The smallest absolute Gasteiger partial charge is 0.345 e. The van der Waals surface area contributed by atoms with Crippen LogP contribution in [0.25, 0.3) is 0 Å². The molecule has 86 valence electrons. The second kappa shape index (κ2) is 3.59. The van der Waals surface area contributed by atoms with Crippen molar-refractivity contribution in [3.63, 3.8) is 0 Å². The summed E-state index contributed by atoms with van der Waals surface area (Å²) >= 11 is 1.49. The van der Waals surface area contributed by atoms with Gasteiger partial charge in [-0.05, 0) is 49.1 Å². The molecule has 1 spiro atoms. The average Bonchev–Trinajstić information content (AvgIpc) is 2.85. The minimum absolute atomic E-state index is 0.528. The van der Waals surface area contributed by atoms with E-state index in [0.717, 1.165) is 12.8 Å². The number of hydrogen-bond donors (Lipinski definition) is 1. The van der Waals surface area contributed by atoms with Crippen LogP contribution in [0.15, 0.2) is 6.07 Å². The van der Waals surface area contributed by atoms with Gasteiger partial charge in [0.1, 0.15) is 4.88 Å². The standard InChI is InChI=1S/C13H16O2S/c14-12(15)11-7-9-8-13(4-1-2-5-13)6-3-10(9)16-11/h7H,1-6,8H2,(H,14,15). The molecule has 1 heterocycles. The fourth-order valence-corrected chi connectivity index (χ4v) is 4.38. The molecule has 2 nitrogen and oxygen atoms in total. The van der Waals surface area contributed by atoms with Crippen molar-refractivity contribution in [2.45, 2.75) is 44.9 Å². The van der Waals surface area contributed by atoms with E-state index in [1.54, 1.807) is 0 Å². The Morgan fingerprint density at radius 1 is 1.31 bits per heavy atom. The first-order valence-corrected chi connectivity index (χ1v) is 6.85. The quantitative estimate of drug-likeness (QED) is 0.810. The van der Waals surface area contributed by atoms with Gasteiger partial charge in [-0.15, -0.1) is 11.3 Å². The molecule has 1 aromatic rings. The molecule has 1 aromatic heterocycles. The zero-order valence-corrected chi connectivity index (χ0v) is 10.1. The maximum Gasteiger partial charge on any atom is 0.345 e. The topological polar surface area (TPSA) is 37.3 Å². The van der Waals surface area contributed by atoms with E-state index in [-0.39, 0.29) is 0 Å². The molecule has 1 fully saturated rings. The zero-order chi connectivity index (χ0) is 11.2. The van der Waals surface area contributed by atoms with Crippen LogP contribution in [0.1, 0.15) is 52.2 Å². The van der Waals surface area contributed by atoms with Crippen molar-refractivity contribution < 1.29 is 9.90 Å². The van der Waals surface area contributed by atoms with Crippen molar-refractivity contribution in [3.8, 4) is 0 Å². The highest BCUT2D eigenvalue weighted by molar-refractivity contribution is 7.14. The Balaban J connectivity index is 1.91. The number of fused-ring (bicyclic) bond motifs is 1. The van der Waals surface area contributed by atoms with E-state index >= 15 is 0 Å². The number of carboxylic acids is 1. The Hall–Kier alpha value is -0.830. The summed E-state index contributed by atoms with van der Waals surface area (Å²) < 4.78 is 0. The molecular formula is C13H16O2S. The summed E-state index contributed by atoms with van der Waals surface area (Å²) in [7, 11) is 0. The number of aromatic carboxylic acids is 1. The van der Waals surface area contributed by atoms with Gasteiger partial charge in [-0.1, -0.05) is 12.8 Å². The summed E-state index contributed by atoms with van der Waals surface area (Å²) in [6.45, 7) is 0. The van der Waals surface area contributed by atoms with Gasteiger partial charge in [0.2, 0.25) is 0 Å². The van der Waals surface area contributed by atoms with Crippen LogP contribution in [0.3, 0.4) is 0 Å². The minimum Gasteiger partial charge on any atom is -0.477 e. The van der Waals surface area contributed by atoms with Gasteiger partial charge in [0.25, 0.3) is 0 Å². The van der Waals surface area contributed by atoms with E-state index < -0.39 is 5.97 Å². The fourth-order valence-electron chi connectivity index (χ4n) is 3.36. The maximum absolute atomic E-state index is 10.9. The van der Waals surface area contributed by atoms with Gasteiger partial charge in [0.05, 0.1) is 0 Å². The summed E-state index contributed by atoms with van der Waals surface area (Å²) in [6, 6.07) is 1.92. The van der Waals surface area contributed by atoms with Crippen LogP contribution in [0.5, 0.6) is 0 Å². The number of carbonyl (C=O) groups is 1. The first-order chi connectivity index (χ1) is 7.69. The highest BCUT2D eigenvalue weighted by Crippen LogP contribution is 2.49. The Morgan fingerprint density at radius 3 is 2.75 bits per heavy atom. The normalized spacial score (nSPS) is 22.2. The molecule has 0 amide bonds. The van der Waals surface area contributed by atoms with Gasteiger partial charge in [-0.2, -0.15) is 0 Å². The number of thiophene rings is 1. The van der Waals surface area contributed by atoms with Crippen LogP contribution in [0.2, 0.25) is 0 Å². The number of carboxylic acid groups (broad SMARTS) is 1. The molecule has 0 aromatic carbocycles. The Labute approximate surface area is 99.3 Å². The monoisotopic (exact) mass is 236 g/mol. The zero-order valence-electron chi connectivity index (χ0n) is 9.29. The second-order valence-corrected chi connectivity index (χ2v) is 6.38. The SMILES string of the molecule is O=C(O)c1cc2c(s1)CCC1(CCCC1)C2. The predicted molar refractivity (Wildman–Crippen MR) is 64.2 cm³/mol. The lowest BCUT2D eigenvalue weighted by atomic mass is 9.72. The first kappa shape index (κ1) is 10.3. The summed E-state index contributed by atoms with van der Waals surface area (Å²) in [5.41, 5.74) is 1.86. The molecule has 16 heavy (non-hydrogen) atoms. The summed E-state index contributed by atoms with van der Waals surface area (Å²) in [5, 5.41) is 9.00. The fraction of sp³-hybridized carbons (Fsp3) is 0.615. The summed E-state index contributed by atoms with van der Waals surface area (Å²) in [5.74, 6) is -0.764. The van der Waals surface area contributed by atoms with Crippen molar-refractivity contribution in [1.82, 2.24) is 0 Å². The average molecular weight is 236 g/mol. The van der Waals surface area contributed by atoms with Crippen molar-refractivity contribution in [1.29, 1.82) is 0 Å². The number of rotatable bonds is 1. The van der Waals surface area contributed by atoms with Gasteiger partial charge in [0, 0.05) is 4.88 Å². The van der Waals surface area contributed by atoms with E-state index in [1.165, 1.54) is 53.9 Å². The molecule has 2 aliphatic carbocycles. The minimum atomic E-state index is -0.764. The first-order valence-electron chi connectivity index (χ1n) is 6.03. The van der Waals surface area contributed by atoms with Crippen molar-refractivity contribution >= 4 is 17.3 Å². The van der Waals surface area contributed by atoms with Crippen LogP contribution in [-0.2, 0) is 12.8 Å². The van der Waals surface area contributed by atoms with Crippen LogP contribution in [0, 0.1) is 5.41 Å². The van der Waals surface area contributed by atoms with E-state index in [1.807, 2.05) is 6.07 Å². The Kier molecular flexibility index (Phi) is 2.32. The Morgan fingerprint density at radius 2 is 2.06 bits per heavy atom. The molecule has 0 unspecified atom stereocenters. The molecule has 3 heteroatoms. The highest BCUT2D eigenvalue weighted by atomic mass is 32.1. The maximum atomic E-state index is 10.9. The molecule has 1 N–H and O–H groups in total. The molecule has 0 radical (unpaired) electrons. The van der Waals surface area contributed by atoms with Gasteiger partial charge in [-0.25, -0.2) is 4.79 Å². The molecule has 0 atom stereocenters. The summed E-state index contributed by atoms with van der Waals surface area (Å²) in [6.07, 6.45) is 8.95. The second-order valence-electron chi connectivity index (χ2n) is 5.25. The van der Waals surface area contributed by atoms with Crippen molar-refractivity contribution in [2.75, 3.05) is 0 Å². The molecule has 0 bridgehead atoms. The lowest BCUT2D eigenvalue weighted by Gasteiger charge is -2.33. The molecular weight excluding hydrogens is 220 g/mol. The third-order valence-electron chi connectivity index (χ3n) is 4.22. The molecule has 3 rings (SSSR count). The third-order valence-corrected chi connectivity index (χ3v) is 5.44. The van der Waals surface area contributed by atoms with E-state index in [4.69, 9.17) is 5.11 Å². The number of hydrogen-bond acceptors (Lipinski definition) is 2. The lowest BCUT2D eigenvalue weighted by Crippen LogP contribution is -2.24. The molecule has 2 aliphatic rings. The van der Waals surface area contributed by atoms with E-state index in [2.05, 4.69) is 0 Å². The van der Waals surface area contributed by atoms with Crippen molar-refractivity contribution in [3.05, 3.63) is 21.4 Å². The lowest BCUT2D eigenvalue weighted by molar-refractivity contribution is 0.0702. The van der Waals surface area contributed by atoms with E-state index in [0.29, 0.717) is 10.3 Å². The Bertz CT molecular complexity index is 427. The molecule has 0 saturated heterocycles. The molecule has 1 saturated carbocycles. The van der Waals surface area contributed by atoms with E-state index in [9.17, 15) is 4.79 Å². The van der Waals surface area contributed by atoms with Gasteiger partial charge >= 0.3 is 5.97 Å². The highest BCUT2D eigenvalue weighted by Gasteiger charge is 2.37. The van der Waals surface area contributed by atoms with Gasteiger partial charge in [-0.3, -0.25) is 0 Å². The van der Waals surface area contributed by atoms with Crippen molar-refractivity contribution in [2.24, 2.45) is 5.41 Å². The van der Waals surface area contributed by atoms with Crippen LogP contribution in [-0.4, -0.2) is 11.1 Å². The van der Waals surface area contributed by atoms with Crippen LogP contribution in [0.4, 0.5) is 0 Å². The molecule has 0 aliphatic heterocycles. The van der Waals surface area contributed by atoms with Crippen LogP contribution >= 0.6 is 11.3 Å². The van der Waals surface area contributed by atoms with Gasteiger partial charge < -0.3 is 5.11 Å². The van der Waals surface area contributed by atoms with Gasteiger partial charge in [0.15, 0.2) is 0 Å². The largest absolute Gasteiger partial charge is 0.477 e. The van der Waals surface area contributed by atoms with Crippen LogP contribution < -0.4 is 0 Å². The third kappa shape index (κ3) is 1.58. The summed E-state index contributed by atoms with van der Waals surface area (Å²) in [4.78, 5) is 12.8. The number of aryl methyl sites for hydroxylation is 1. The predicted octanol–water partition coefficient (Wildman–Crippen LogP) is 3.50.